The van der Waals surface area contributed by atoms with Crippen molar-refractivity contribution in [2.45, 2.75) is 31.3 Å². The molecule has 2 bridgehead atoms. The van der Waals surface area contributed by atoms with Crippen molar-refractivity contribution in [1.82, 2.24) is 4.90 Å². The van der Waals surface area contributed by atoms with Gasteiger partial charge in [0.25, 0.3) is 0 Å². The monoisotopic (exact) mass is 260 g/mol. The maximum absolute atomic E-state index is 10.9. The van der Waals surface area contributed by atoms with Gasteiger partial charge < -0.3 is 10.0 Å². The number of aromatic carboxylic acids is 1. The molecule has 2 saturated heterocycles. The van der Waals surface area contributed by atoms with Gasteiger partial charge in [-0.3, -0.25) is 4.90 Å². The second-order valence-electron chi connectivity index (χ2n) is 5.64. The van der Waals surface area contributed by atoms with Crippen LogP contribution in [0.3, 0.4) is 0 Å². The molecule has 4 heteroatoms. The quantitative estimate of drug-likeness (QED) is 0.884. The molecule has 0 radical (unpaired) electrons. The van der Waals surface area contributed by atoms with Gasteiger partial charge in [-0.2, -0.15) is 0 Å². The lowest BCUT2D eigenvalue weighted by atomic mass is 10.1. The van der Waals surface area contributed by atoms with Gasteiger partial charge in [-0.15, -0.1) is 0 Å². The summed E-state index contributed by atoms with van der Waals surface area (Å²) in [5.74, 6) is -0.860. The van der Waals surface area contributed by atoms with Crippen LogP contribution in [0.25, 0.3) is 0 Å². The number of rotatable bonds is 2. The van der Waals surface area contributed by atoms with E-state index in [-0.39, 0.29) is 0 Å². The molecule has 3 rings (SSSR count). The van der Waals surface area contributed by atoms with E-state index in [1.165, 1.54) is 19.3 Å². The predicted molar refractivity (Wildman–Crippen MR) is 74.8 cm³/mol. The van der Waals surface area contributed by atoms with Crippen molar-refractivity contribution in [2.75, 3.05) is 25.0 Å². The molecule has 2 aliphatic heterocycles. The second kappa shape index (κ2) is 4.85. The lowest BCUT2D eigenvalue weighted by Gasteiger charge is -2.27. The van der Waals surface area contributed by atoms with Crippen molar-refractivity contribution in [2.24, 2.45) is 0 Å². The first-order chi connectivity index (χ1) is 9.15. The van der Waals surface area contributed by atoms with Gasteiger partial charge in [-0.25, -0.2) is 4.79 Å². The van der Waals surface area contributed by atoms with Gasteiger partial charge in [-0.05, 0) is 50.6 Å². The molecule has 2 heterocycles. The first-order valence-electron chi connectivity index (χ1n) is 6.95. The standard InChI is InChI=1S/C15H20N2O2/c1-16-12-6-7-14(16)10-17(9-8-12)13-4-2-11(3-5-13)15(18)19/h2-5,12,14H,6-10H2,1H3,(H,18,19). The summed E-state index contributed by atoms with van der Waals surface area (Å²) >= 11 is 0. The van der Waals surface area contributed by atoms with E-state index in [0.717, 1.165) is 24.8 Å². The third kappa shape index (κ3) is 2.32. The van der Waals surface area contributed by atoms with Gasteiger partial charge in [0.15, 0.2) is 0 Å². The summed E-state index contributed by atoms with van der Waals surface area (Å²) in [5, 5.41) is 8.93. The van der Waals surface area contributed by atoms with Crippen LogP contribution in [0.5, 0.6) is 0 Å². The first kappa shape index (κ1) is 12.5. The van der Waals surface area contributed by atoms with Crippen LogP contribution >= 0.6 is 0 Å². The number of carbonyl (C=O) groups is 1. The van der Waals surface area contributed by atoms with Crippen molar-refractivity contribution in [1.29, 1.82) is 0 Å². The zero-order chi connectivity index (χ0) is 13.4. The van der Waals surface area contributed by atoms with Gasteiger partial charge in [0.05, 0.1) is 5.56 Å². The van der Waals surface area contributed by atoms with Crippen LogP contribution in [0.15, 0.2) is 24.3 Å². The van der Waals surface area contributed by atoms with Crippen molar-refractivity contribution in [3.63, 3.8) is 0 Å². The Kier molecular flexibility index (Phi) is 3.19. The Hall–Kier alpha value is -1.55. The third-order valence-electron chi connectivity index (χ3n) is 4.63. The Morgan fingerprint density at radius 2 is 1.84 bits per heavy atom. The highest BCUT2D eigenvalue weighted by molar-refractivity contribution is 5.88. The van der Waals surface area contributed by atoms with Crippen molar-refractivity contribution < 1.29 is 9.90 Å². The van der Waals surface area contributed by atoms with Gasteiger partial charge in [0.2, 0.25) is 0 Å². The number of fused-ring (bicyclic) bond motifs is 2. The van der Waals surface area contributed by atoms with E-state index in [2.05, 4.69) is 16.8 Å². The van der Waals surface area contributed by atoms with Crippen LogP contribution in [-0.2, 0) is 0 Å². The predicted octanol–water partition coefficient (Wildman–Crippen LogP) is 2.06. The molecule has 2 atom stereocenters. The summed E-state index contributed by atoms with van der Waals surface area (Å²) < 4.78 is 0. The number of hydrogen-bond donors (Lipinski definition) is 1. The fourth-order valence-corrected chi connectivity index (χ4v) is 3.36. The van der Waals surface area contributed by atoms with E-state index in [1.54, 1.807) is 12.1 Å². The average molecular weight is 260 g/mol. The van der Waals surface area contributed by atoms with Crippen LogP contribution in [0.4, 0.5) is 5.69 Å². The van der Waals surface area contributed by atoms with Crippen LogP contribution in [0.2, 0.25) is 0 Å². The molecule has 102 valence electrons. The molecular weight excluding hydrogens is 240 g/mol. The number of carboxylic acids is 1. The summed E-state index contributed by atoms with van der Waals surface area (Å²) in [5.41, 5.74) is 1.50. The lowest BCUT2D eigenvalue weighted by Crippen LogP contribution is -2.36. The SMILES string of the molecule is CN1C2CCC1CN(c1ccc(C(=O)O)cc1)CC2. The molecule has 0 saturated carbocycles. The smallest absolute Gasteiger partial charge is 0.335 e. The fourth-order valence-electron chi connectivity index (χ4n) is 3.36. The molecular formula is C15H20N2O2. The number of hydrogen-bond acceptors (Lipinski definition) is 3. The van der Waals surface area contributed by atoms with Crippen LogP contribution in [0.1, 0.15) is 29.6 Å². The molecule has 0 aliphatic carbocycles. The van der Waals surface area contributed by atoms with E-state index in [1.807, 2.05) is 12.1 Å². The number of benzene rings is 1. The fraction of sp³-hybridized carbons (Fsp3) is 0.533. The largest absolute Gasteiger partial charge is 0.478 e. The molecule has 2 fully saturated rings. The molecule has 1 aromatic carbocycles. The third-order valence-corrected chi connectivity index (χ3v) is 4.63. The zero-order valence-corrected chi connectivity index (χ0v) is 11.2. The molecule has 0 aromatic heterocycles. The van der Waals surface area contributed by atoms with Gasteiger partial charge in [-0.1, -0.05) is 0 Å². The number of carboxylic acid groups (broad SMARTS) is 1. The van der Waals surface area contributed by atoms with E-state index < -0.39 is 5.97 Å². The molecule has 19 heavy (non-hydrogen) atoms. The van der Waals surface area contributed by atoms with Crippen LogP contribution < -0.4 is 4.90 Å². The summed E-state index contributed by atoms with van der Waals surface area (Å²) in [7, 11) is 2.24. The topological polar surface area (TPSA) is 43.8 Å². The molecule has 1 N–H and O–H groups in total. The van der Waals surface area contributed by atoms with Gasteiger partial charge in [0.1, 0.15) is 0 Å². The summed E-state index contributed by atoms with van der Waals surface area (Å²) in [4.78, 5) is 15.8. The Bertz CT molecular complexity index is 472. The lowest BCUT2D eigenvalue weighted by molar-refractivity contribution is 0.0697. The zero-order valence-electron chi connectivity index (χ0n) is 11.2. The number of anilines is 1. The number of nitrogens with zero attached hydrogens (tertiary/aromatic N) is 2. The molecule has 2 aliphatic rings. The summed E-state index contributed by atoms with van der Waals surface area (Å²) in [6.45, 7) is 2.12. The maximum Gasteiger partial charge on any atom is 0.335 e. The van der Waals surface area contributed by atoms with E-state index in [9.17, 15) is 4.79 Å². The van der Waals surface area contributed by atoms with E-state index in [4.69, 9.17) is 5.11 Å². The van der Waals surface area contributed by atoms with Crippen molar-refractivity contribution in [3.05, 3.63) is 29.8 Å². The summed E-state index contributed by atoms with van der Waals surface area (Å²) in [6, 6.07) is 8.64. The number of likely N-dealkylation sites (N-methyl/N-ethyl adjacent to an activating group) is 1. The van der Waals surface area contributed by atoms with Gasteiger partial charge in [0, 0.05) is 30.9 Å². The Labute approximate surface area is 113 Å². The highest BCUT2D eigenvalue weighted by Crippen LogP contribution is 2.30. The first-order valence-corrected chi connectivity index (χ1v) is 6.95. The highest BCUT2D eigenvalue weighted by Gasteiger charge is 2.34. The Morgan fingerprint density at radius 3 is 2.53 bits per heavy atom. The minimum atomic E-state index is -0.860. The Morgan fingerprint density at radius 1 is 1.16 bits per heavy atom. The molecule has 0 spiro atoms. The normalized spacial score (nSPS) is 27.3. The molecule has 0 amide bonds. The van der Waals surface area contributed by atoms with Crippen molar-refractivity contribution >= 4 is 11.7 Å². The van der Waals surface area contributed by atoms with Crippen molar-refractivity contribution in [3.8, 4) is 0 Å². The van der Waals surface area contributed by atoms with E-state index in [0.29, 0.717) is 11.6 Å². The molecule has 2 unspecified atom stereocenters. The minimum absolute atomic E-state index is 0.359. The Balaban J connectivity index is 1.77. The summed E-state index contributed by atoms with van der Waals surface area (Å²) in [6.07, 6.45) is 3.81. The average Bonchev–Trinajstić information content (AvgIpc) is 2.63. The maximum atomic E-state index is 10.9. The minimum Gasteiger partial charge on any atom is -0.478 e. The molecule has 4 nitrogen and oxygen atoms in total. The van der Waals surface area contributed by atoms with Crippen LogP contribution in [0, 0.1) is 0 Å². The molecule has 1 aromatic rings. The van der Waals surface area contributed by atoms with E-state index >= 15 is 0 Å². The second-order valence-corrected chi connectivity index (χ2v) is 5.64. The van der Waals surface area contributed by atoms with Gasteiger partial charge >= 0.3 is 5.97 Å². The van der Waals surface area contributed by atoms with Crippen LogP contribution in [-0.4, -0.2) is 48.2 Å². The highest BCUT2D eigenvalue weighted by atomic mass is 16.4.